The Labute approximate surface area is 128 Å². The topological polar surface area (TPSA) is 42.4 Å². The maximum Gasteiger partial charge on any atom is 0.269 e. The summed E-state index contributed by atoms with van der Waals surface area (Å²) in [5.41, 5.74) is 1.15. The lowest BCUT2D eigenvalue weighted by molar-refractivity contribution is 0.196. The first-order valence-corrected chi connectivity index (χ1v) is 10.1. The molecule has 5 heteroatoms. The number of piperidine rings is 1. The molecule has 0 radical (unpaired) electrons. The molecule has 1 aromatic heterocycles. The van der Waals surface area contributed by atoms with Crippen LogP contribution in [0.5, 0.6) is 0 Å². The second-order valence-corrected chi connectivity index (χ2v) is 8.18. The van der Waals surface area contributed by atoms with Gasteiger partial charge in [0.25, 0.3) is 7.52 Å². The summed E-state index contributed by atoms with van der Waals surface area (Å²) in [6.07, 6.45) is 10.2. The van der Waals surface area contributed by atoms with E-state index in [2.05, 4.69) is 22.6 Å². The van der Waals surface area contributed by atoms with Crippen molar-refractivity contribution in [3.8, 4) is 0 Å². The van der Waals surface area contributed by atoms with Crippen molar-refractivity contribution in [3.63, 3.8) is 0 Å². The van der Waals surface area contributed by atoms with E-state index in [9.17, 15) is 4.57 Å². The highest BCUT2D eigenvalue weighted by atomic mass is 31.2. The van der Waals surface area contributed by atoms with E-state index >= 15 is 0 Å². The zero-order valence-corrected chi connectivity index (χ0v) is 14.1. The molecule has 2 heterocycles. The first-order valence-electron chi connectivity index (χ1n) is 8.04. The van der Waals surface area contributed by atoms with Gasteiger partial charge in [-0.1, -0.05) is 32.3 Å². The maximum atomic E-state index is 13.0. The van der Waals surface area contributed by atoms with E-state index in [-0.39, 0.29) is 6.04 Å². The maximum absolute atomic E-state index is 13.0. The standard InChI is InChI=1S/C16H27N2O2P/c1-3-4-7-13-20-21(2,19)18-12-6-5-10-16(18)15-9-8-11-17-14-15/h8-9,11,14,16H,3-7,10,12-13H2,1-2H3. The Morgan fingerprint density at radius 2 is 2.29 bits per heavy atom. The zero-order chi connectivity index (χ0) is 15.1. The van der Waals surface area contributed by atoms with Gasteiger partial charge in [-0.2, -0.15) is 0 Å². The van der Waals surface area contributed by atoms with Gasteiger partial charge in [0.2, 0.25) is 0 Å². The van der Waals surface area contributed by atoms with E-state index in [0.717, 1.165) is 44.2 Å². The lowest BCUT2D eigenvalue weighted by atomic mass is 9.99. The Bertz CT molecular complexity index is 467. The Hall–Kier alpha value is -0.700. The largest absolute Gasteiger partial charge is 0.318 e. The predicted octanol–water partition coefficient (Wildman–Crippen LogP) is 4.64. The number of rotatable bonds is 7. The van der Waals surface area contributed by atoms with Crippen LogP contribution in [0.3, 0.4) is 0 Å². The second kappa shape index (κ2) is 8.07. The first kappa shape index (κ1) is 16.7. The molecule has 21 heavy (non-hydrogen) atoms. The fourth-order valence-corrected chi connectivity index (χ4v) is 4.80. The van der Waals surface area contributed by atoms with Gasteiger partial charge >= 0.3 is 0 Å². The van der Waals surface area contributed by atoms with Crippen LogP contribution in [0.25, 0.3) is 0 Å². The van der Waals surface area contributed by atoms with Gasteiger partial charge in [0.1, 0.15) is 0 Å². The predicted molar refractivity (Wildman–Crippen MR) is 86.5 cm³/mol. The number of aromatic nitrogens is 1. The van der Waals surface area contributed by atoms with E-state index in [1.54, 1.807) is 12.9 Å². The molecule has 0 spiro atoms. The van der Waals surface area contributed by atoms with Crippen molar-refractivity contribution in [2.75, 3.05) is 19.8 Å². The molecule has 1 aliphatic rings. The molecule has 0 amide bonds. The van der Waals surface area contributed by atoms with Crippen LogP contribution in [-0.4, -0.2) is 29.5 Å². The summed E-state index contributed by atoms with van der Waals surface area (Å²) in [6, 6.07) is 4.20. The molecule has 1 fully saturated rings. The van der Waals surface area contributed by atoms with Crippen LogP contribution in [0.2, 0.25) is 0 Å². The van der Waals surface area contributed by atoms with Crippen LogP contribution in [0.4, 0.5) is 0 Å². The first-order chi connectivity index (χ1) is 10.1. The van der Waals surface area contributed by atoms with Crippen molar-refractivity contribution in [3.05, 3.63) is 30.1 Å². The number of unbranched alkanes of at least 4 members (excludes halogenated alkanes) is 2. The average Bonchev–Trinajstić information content (AvgIpc) is 2.52. The van der Waals surface area contributed by atoms with Crippen molar-refractivity contribution >= 4 is 7.52 Å². The number of nitrogens with zero attached hydrogens (tertiary/aromatic N) is 2. The van der Waals surface area contributed by atoms with Gasteiger partial charge in [-0.15, -0.1) is 0 Å². The van der Waals surface area contributed by atoms with Crippen molar-refractivity contribution in [2.45, 2.75) is 51.5 Å². The van der Waals surface area contributed by atoms with Crippen molar-refractivity contribution in [1.29, 1.82) is 0 Å². The molecule has 0 N–H and O–H groups in total. The van der Waals surface area contributed by atoms with Crippen LogP contribution >= 0.6 is 7.52 Å². The Morgan fingerprint density at radius 3 is 3.00 bits per heavy atom. The monoisotopic (exact) mass is 310 g/mol. The highest BCUT2D eigenvalue weighted by molar-refractivity contribution is 7.55. The molecule has 0 saturated carbocycles. The number of pyridine rings is 1. The van der Waals surface area contributed by atoms with Crippen LogP contribution in [0, 0.1) is 0 Å². The quantitative estimate of drug-likeness (QED) is 0.543. The van der Waals surface area contributed by atoms with Crippen LogP contribution in [-0.2, 0) is 9.09 Å². The third-order valence-electron chi connectivity index (χ3n) is 4.09. The Balaban J connectivity index is 2.05. The van der Waals surface area contributed by atoms with E-state index in [0.29, 0.717) is 6.61 Å². The molecular weight excluding hydrogens is 283 g/mol. The molecule has 0 aromatic carbocycles. The summed E-state index contributed by atoms with van der Waals surface area (Å²) in [4.78, 5) is 4.21. The van der Waals surface area contributed by atoms with E-state index in [1.807, 2.05) is 12.3 Å². The minimum absolute atomic E-state index is 0.175. The summed E-state index contributed by atoms with van der Waals surface area (Å²) in [7, 11) is -2.72. The molecule has 0 aliphatic carbocycles. The lowest BCUT2D eigenvalue weighted by Crippen LogP contribution is -2.31. The molecule has 2 rings (SSSR count). The summed E-state index contributed by atoms with van der Waals surface area (Å²) >= 11 is 0. The highest BCUT2D eigenvalue weighted by Crippen LogP contribution is 2.54. The molecular formula is C16H27N2O2P. The number of hydrogen-bond acceptors (Lipinski definition) is 3. The third-order valence-corrected chi connectivity index (χ3v) is 6.16. The molecule has 0 bridgehead atoms. The molecule has 2 unspecified atom stereocenters. The Morgan fingerprint density at radius 1 is 1.43 bits per heavy atom. The van der Waals surface area contributed by atoms with E-state index < -0.39 is 7.52 Å². The normalized spacial score (nSPS) is 22.9. The van der Waals surface area contributed by atoms with Gasteiger partial charge < -0.3 is 4.52 Å². The van der Waals surface area contributed by atoms with Crippen LogP contribution in [0.1, 0.15) is 57.1 Å². The summed E-state index contributed by atoms with van der Waals surface area (Å²) < 4.78 is 20.9. The van der Waals surface area contributed by atoms with Crippen molar-refractivity contribution in [1.82, 2.24) is 9.65 Å². The van der Waals surface area contributed by atoms with Gasteiger partial charge in [-0.3, -0.25) is 9.55 Å². The van der Waals surface area contributed by atoms with Crippen molar-refractivity contribution < 1.29 is 9.09 Å². The van der Waals surface area contributed by atoms with E-state index in [4.69, 9.17) is 4.52 Å². The lowest BCUT2D eigenvalue weighted by Gasteiger charge is -2.38. The fraction of sp³-hybridized carbons (Fsp3) is 0.688. The minimum Gasteiger partial charge on any atom is -0.318 e. The molecule has 1 aliphatic heterocycles. The fourth-order valence-electron chi connectivity index (χ4n) is 2.92. The zero-order valence-electron chi connectivity index (χ0n) is 13.2. The minimum atomic E-state index is -2.72. The summed E-state index contributed by atoms with van der Waals surface area (Å²) in [6.45, 7) is 5.38. The molecule has 4 nitrogen and oxygen atoms in total. The van der Waals surface area contributed by atoms with Gasteiger partial charge in [0.15, 0.2) is 0 Å². The third kappa shape index (κ3) is 4.64. The van der Waals surface area contributed by atoms with E-state index in [1.165, 1.54) is 6.42 Å². The Kier molecular flexibility index (Phi) is 6.40. The van der Waals surface area contributed by atoms with Gasteiger partial charge in [-0.05, 0) is 30.9 Å². The summed E-state index contributed by atoms with van der Waals surface area (Å²) in [5, 5.41) is 0. The molecule has 1 aromatic rings. The van der Waals surface area contributed by atoms with Gasteiger partial charge in [0.05, 0.1) is 6.61 Å². The molecule has 2 atom stereocenters. The molecule has 118 valence electrons. The van der Waals surface area contributed by atoms with Crippen LogP contribution < -0.4 is 0 Å². The highest BCUT2D eigenvalue weighted by Gasteiger charge is 2.35. The average molecular weight is 310 g/mol. The SMILES string of the molecule is CCCCCOP(C)(=O)N1CCCCC1c1cccnc1. The van der Waals surface area contributed by atoms with Gasteiger partial charge in [0, 0.05) is 31.6 Å². The molecule has 1 saturated heterocycles. The second-order valence-electron chi connectivity index (χ2n) is 5.80. The van der Waals surface area contributed by atoms with Gasteiger partial charge in [-0.25, -0.2) is 4.67 Å². The summed E-state index contributed by atoms with van der Waals surface area (Å²) in [5.74, 6) is 0. The van der Waals surface area contributed by atoms with Crippen LogP contribution in [0.15, 0.2) is 24.5 Å². The smallest absolute Gasteiger partial charge is 0.269 e. The number of hydrogen-bond donors (Lipinski definition) is 0. The van der Waals surface area contributed by atoms with Crippen molar-refractivity contribution in [2.24, 2.45) is 0 Å².